The normalized spacial score (nSPS) is 16.9. The first-order valence-corrected chi connectivity index (χ1v) is 12.8. The fourth-order valence-corrected chi connectivity index (χ4v) is 6.84. The molecule has 2 aromatic heterocycles. The zero-order valence-electron chi connectivity index (χ0n) is 17.5. The van der Waals surface area contributed by atoms with Crippen LogP contribution in [0.2, 0.25) is 0 Å². The summed E-state index contributed by atoms with van der Waals surface area (Å²) in [6.45, 7) is 5.34. The molecular formula is C22H25ClN4O3S2. The molecule has 2 fully saturated rings. The molecular weight excluding hydrogens is 468 g/mol. The second kappa shape index (κ2) is 9.35. The van der Waals surface area contributed by atoms with Crippen LogP contribution >= 0.6 is 23.7 Å². The summed E-state index contributed by atoms with van der Waals surface area (Å²) in [7, 11) is -4.13. The molecule has 0 bridgehead atoms. The highest BCUT2D eigenvalue weighted by Gasteiger charge is 2.29. The molecule has 10 heteroatoms. The van der Waals surface area contributed by atoms with Crippen molar-refractivity contribution >= 4 is 60.3 Å². The molecule has 0 aliphatic carbocycles. The van der Waals surface area contributed by atoms with E-state index in [2.05, 4.69) is 20.1 Å². The van der Waals surface area contributed by atoms with E-state index in [1.807, 2.05) is 12.1 Å². The third-order valence-corrected chi connectivity index (χ3v) is 9.08. The molecule has 7 nitrogen and oxygen atoms in total. The third kappa shape index (κ3) is 4.22. The monoisotopic (exact) mass is 492 g/mol. The molecule has 2 aliphatic heterocycles. The number of carbonyl (C=O) groups excluding carboxylic acids is 1. The van der Waals surface area contributed by atoms with E-state index >= 15 is 0 Å². The quantitative estimate of drug-likeness (QED) is 0.598. The van der Waals surface area contributed by atoms with Gasteiger partial charge >= 0.3 is 0 Å². The van der Waals surface area contributed by atoms with E-state index in [-0.39, 0.29) is 22.2 Å². The number of pyridine rings is 1. The number of hydrogen-bond acceptors (Lipinski definition) is 8. The molecule has 32 heavy (non-hydrogen) atoms. The summed E-state index contributed by atoms with van der Waals surface area (Å²) in [5.74, 6) is 0.777. The highest BCUT2D eigenvalue weighted by molar-refractivity contribution is 8.08. The van der Waals surface area contributed by atoms with Gasteiger partial charge in [0.1, 0.15) is 10.0 Å². The first-order chi connectivity index (χ1) is 15.0. The zero-order chi connectivity index (χ0) is 21.4. The number of nitrogens with zero attached hydrogens (tertiary/aromatic N) is 3. The number of benzene rings is 1. The van der Waals surface area contributed by atoms with Gasteiger partial charge in [0.15, 0.2) is 0 Å². The lowest BCUT2D eigenvalue weighted by atomic mass is 10.2. The first-order valence-electron chi connectivity index (χ1n) is 10.5. The van der Waals surface area contributed by atoms with Gasteiger partial charge in [0, 0.05) is 66.8 Å². The van der Waals surface area contributed by atoms with Gasteiger partial charge in [-0.05, 0) is 49.2 Å². The summed E-state index contributed by atoms with van der Waals surface area (Å²) < 4.78 is 27.2. The fourth-order valence-electron chi connectivity index (χ4n) is 4.22. The Morgan fingerprint density at radius 1 is 0.969 bits per heavy atom. The molecule has 4 heterocycles. The number of sulfone groups is 1. The van der Waals surface area contributed by atoms with Crippen molar-refractivity contribution in [3.05, 3.63) is 48.2 Å². The minimum Gasteiger partial charge on any atom is -0.372 e. The molecule has 5 rings (SSSR count). The van der Waals surface area contributed by atoms with Crippen LogP contribution in [0.4, 0.5) is 11.5 Å². The fraction of sp³-hybridized carbons (Fsp3) is 0.364. The first kappa shape index (κ1) is 23.0. The SMILES string of the molecule is Cl.O=C(c1ccc(N2CCCC2)cc1)S(=O)(=O)c1cc2c(N3CCNCC3)nccc2s1. The Kier molecular flexibility index (Phi) is 6.71. The highest BCUT2D eigenvalue weighted by Crippen LogP contribution is 2.35. The molecule has 0 amide bonds. The van der Waals surface area contributed by atoms with Crippen molar-refractivity contribution in [2.24, 2.45) is 0 Å². The van der Waals surface area contributed by atoms with Crippen molar-refractivity contribution in [1.29, 1.82) is 0 Å². The third-order valence-electron chi connectivity index (χ3n) is 5.90. The van der Waals surface area contributed by atoms with Gasteiger partial charge in [-0.15, -0.1) is 23.7 Å². The number of piperazine rings is 1. The smallest absolute Gasteiger partial charge is 0.282 e. The Morgan fingerprint density at radius 2 is 1.66 bits per heavy atom. The molecule has 0 spiro atoms. The van der Waals surface area contributed by atoms with Crippen LogP contribution in [0.25, 0.3) is 10.1 Å². The van der Waals surface area contributed by atoms with Crippen LogP contribution < -0.4 is 15.1 Å². The van der Waals surface area contributed by atoms with Gasteiger partial charge in [-0.1, -0.05) is 0 Å². The van der Waals surface area contributed by atoms with Crippen LogP contribution in [-0.4, -0.2) is 57.8 Å². The van der Waals surface area contributed by atoms with Gasteiger partial charge in [-0.25, -0.2) is 13.4 Å². The molecule has 170 valence electrons. The van der Waals surface area contributed by atoms with Crippen LogP contribution in [0.5, 0.6) is 0 Å². The topological polar surface area (TPSA) is 82.6 Å². The van der Waals surface area contributed by atoms with Gasteiger partial charge in [-0.3, -0.25) is 4.79 Å². The molecule has 0 radical (unpaired) electrons. The zero-order valence-corrected chi connectivity index (χ0v) is 19.9. The summed E-state index contributed by atoms with van der Waals surface area (Å²) >= 11 is 1.13. The largest absolute Gasteiger partial charge is 0.372 e. The standard InChI is InChI=1S/C22H24N4O3S2.ClH/c27-22(16-3-5-17(6-4-16)25-11-1-2-12-25)31(28,29)20-15-18-19(30-20)7-8-24-21(18)26-13-9-23-10-14-26;/h3-8,15,23H,1-2,9-14H2;1H. The molecule has 1 N–H and O–H groups in total. The number of aromatic nitrogens is 1. The number of nitrogens with one attached hydrogen (secondary N) is 1. The molecule has 2 saturated heterocycles. The van der Waals surface area contributed by atoms with Crippen molar-refractivity contribution in [3.8, 4) is 0 Å². The number of anilines is 2. The Labute approximate surface area is 197 Å². The molecule has 0 atom stereocenters. The second-order valence-corrected chi connectivity index (χ2v) is 11.0. The second-order valence-electron chi connectivity index (χ2n) is 7.88. The Bertz CT molecular complexity index is 1220. The Morgan fingerprint density at radius 3 is 2.34 bits per heavy atom. The van der Waals surface area contributed by atoms with Gasteiger partial charge in [0.25, 0.3) is 15.0 Å². The maximum atomic E-state index is 13.1. The lowest BCUT2D eigenvalue weighted by Gasteiger charge is -2.28. The van der Waals surface area contributed by atoms with Crippen LogP contribution in [0.1, 0.15) is 23.2 Å². The lowest BCUT2D eigenvalue weighted by Crippen LogP contribution is -2.43. The number of hydrogen-bond donors (Lipinski definition) is 1. The molecule has 0 unspecified atom stereocenters. The van der Waals surface area contributed by atoms with Crippen LogP contribution in [0.15, 0.2) is 46.8 Å². The summed E-state index contributed by atoms with van der Waals surface area (Å²) in [6, 6.07) is 10.3. The molecule has 2 aliphatic rings. The van der Waals surface area contributed by atoms with E-state index in [1.54, 1.807) is 30.5 Å². The van der Waals surface area contributed by atoms with Crippen LogP contribution in [-0.2, 0) is 9.84 Å². The summed E-state index contributed by atoms with van der Waals surface area (Å²) in [5.41, 5.74) is 1.22. The Hall–Kier alpha value is -2.20. The summed E-state index contributed by atoms with van der Waals surface area (Å²) in [6.07, 6.45) is 4.02. The maximum Gasteiger partial charge on any atom is 0.282 e. The van der Waals surface area contributed by atoms with Crippen molar-refractivity contribution < 1.29 is 13.2 Å². The van der Waals surface area contributed by atoms with E-state index in [0.717, 1.165) is 85.0 Å². The predicted octanol–water partition coefficient (Wildman–Crippen LogP) is 3.34. The molecule has 0 saturated carbocycles. The number of thiophene rings is 1. The van der Waals surface area contributed by atoms with E-state index in [9.17, 15) is 13.2 Å². The summed E-state index contributed by atoms with van der Waals surface area (Å²) in [4.78, 5) is 21.8. The van der Waals surface area contributed by atoms with Crippen molar-refractivity contribution in [1.82, 2.24) is 10.3 Å². The van der Waals surface area contributed by atoms with Crippen molar-refractivity contribution in [3.63, 3.8) is 0 Å². The van der Waals surface area contributed by atoms with Crippen molar-refractivity contribution in [2.45, 2.75) is 17.1 Å². The van der Waals surface area contributed by atoms with E-state index in [0.29, 0.717) is 0 Å². The van der Waals surface area contributed by atoms with E-state index in [4.69, 9.17) is 0 Å². The van der Waals surface area contributed by atoms with Crippen LogP contribution in [0, 0.1) is 0 Å². The molecule has 1 aromatic carbocycles. The Balaban J connectivity index is 0.00000245. The minimum atomic E-state index is -4.13. The highest BCUT2D eigenvalue weighted by atomic mass is 35.5. The van der Waals surface area contributed by atoms with Gasteiger partial charge < -0.3 is 15.1 Å². The lowest BCUT2D eigenvalue weighted by molar-refractivity contribution is 0.107. The minimum absolute atomic E-state index is 0. The average molecular weight is 493 g/mol. The maximum absolute atomic E-state index is 13.1. The summed E-state index contributed by atoms with van der Waals surface area (Å²) in [5, 5.41) is 3.23. The van der Waals surface area contributed by atoms with Gasteiger partial charge in [0.2, 0.25) is 0 Å². The predicted molar refractivity (Wildman–Crippen MR) is 131 cm³/mol. The number of halogens is 1. The number of fused-ring (bicyclic) bond motifs is 1. The van der Waals surface area contributed by atoms with Gasteiger partial charge in [0.05, 0.1) is 0 Å². The average Bonchev–Trinajstić information content (AvgIpc) is 3.49. The van der Waals surface area contributed by atoms with E-state index in [1.165, 1.54) is 0 Å². The van der Waals surface area contributed by atoms with Crippen molar-refractivity contribution in [2.75, 3.05) is 49.1 Å². The number of carbonyl (C=O) groups is 1. The van der Waals surface area contributed by atoms with E-state index < -0.39 is 15.0 Å². The molecule has 3 aromatic rings. The number of rotatable bonds is 4. The van der Waals surface area contributed by atoms with Gasteiger partial charge in [-0.2, -0.15) is 0 Å². The van der Waals surface area contributed by atoms with Crippen LogP contribution in [0.3, 0.4) is 0 Å².